The molecule has 1 atom stereocenters. The van der Waals surface area contributed by atoms with Crippen molar-refractivity contribution >= 4 is 29.1 Å². The zero-order valence-electron chi connectivity index (χ0n) is 15.0. The molecular weight excluding hydrogens is 352 g/mol. The highest BCUT2D eigenvalue weighted by molar-refractivity contribution is 6.30. The number of ether oxygens (including phenoxy) is 1. The maximum absolute atomic E-state index is 12.1. The zero-order chi connectivity index (χ0) is 18.5. The van der Waals surface area contributed by atoms with Crippen molar-refractivity contribution in [2.75, 3.05) is 29.9 Å². The van der Waals surface area contributed by atoms with E-state index in [4.69, 9.17) is 16.3 Å². The van der Waals surface area contributed by atoms with E-state index < -0.39 is 0 Å². The van der Waals surface area contributed by atoms with Gasteiger partial charge in [-0.1, -0.05) is 17.7 Å². The third kappa shape index (κ3) is 4.86. The van der Waals surface area contributed by atoms with E-state index >= 15 is 0 Å². The minimum absolute atomic E-state index is 0.215. The third-order valence-electron chi connectivity index (χ3n) is 4.26. The largest absolute Gasteiger partial charge is 0.375 e. The van der Waals surface area contributed by atoms with Gasteiger partial charge in [-0.25, -0.2) is 9.78 Å². The summed E-state index contributed by atoms with van der Waals surface area (Å²) in [4.78, 5) is 18.8. The molecule has 2 heterocycles. The molecule has 0 saturated carbocycles. The normalized spacial score (nSPS) is 17.0. The number of aromatic nitrogens is 1. The van der Waals surface area contributed by atoms with Gasteiger partial charge >= 0.3 is 6.03 Å². The number of rotatable bonds is 4. The Labute approximate surface area is 158 Å². The van der Waals surface area contributed by atoms with Crippen molar-refractivity contribution in [3.05, 3.63) is 52.7 Å². The van der Waals surface area contributed by atoms with Crippen molar-refractivity contribution in [1.82, 2.24) is 10.3 Å². The van der Waals surface area contributed by atoms with E-state index in [2.05, 4.69) is 27.4 Å². The summed E-state index contributed by atoms with van der Waals surface area (Å²) in [5.74, 6) is 0.935. The number of urea groups is 1. The average molecular weight is 375 g/mol. The Hall–Kier alpha value is -2.31. The first-order valence-electron chi connectivity index (χ1n) is 8.64. The highest BCUT2D eigenvalue weighted by Gasteiger charge is 2.17. The van der Waals surface area contributed by atoms with Crippen LogP contribution in [0.1, 0.15) is 18.1 Å². The summed E-state index contributed by atoms with van der Waals surface area (Å²) < 4.78 is 5.55. The van der Waals surface area contributed by atoms with E-state index in [9.17, 15) is 4.79 Å². The maximum Gasteiger partial charge on any atom is 0.319 e. The molecule has 7 heteroatoms. The highest BCUT2D eigenvalue weighted by atomic mass is 35.5. The molecule has 0 bridgehead atoms. The van der Waals surface area contributed by atoms with Crippen LogP contribution in [0.4, 0.5) is 16.3 Å². The zero-order valence-corrected chi connectivity index (χ0v) is 15.7. The molecule has 2 amide bonds. The van der Waals surface area contributed by atoms with Gasteiger partial charge in [0.15, 0.2) is 0 Å². The number of benzene rings is 1. The number of hydrogen-bond donors (Lipinski definition) is 2. The molecule has 1 aromatic heterocycles. The number of aryl methyl sites for hydroxylation is 1. The van der Waals surface area contributed by atoms with Gasteiger partial charge in [-0.05, 0) is 49.2 Å². The summed E-state index contributed by atoms with van der Waals surface area (Å²) in [6.45, 7) is 6.77. The molecular formula is C19H23ClN4O2. The van der Waals surface area contributed by atoms with Crippen molar-refractivity contribution in [3.8, 4) is 0 Å². The average Bonchev–Trinajstić information content (AvgIpc) is 2.63. The van der Waals surface area contributed by atoms with Crippen LogP contribution in [0, 0.1) is 6.92 Å². The Morgan fingerprint density at radius 1 is 1.38 bits per heavy atom. The number of amides is 2. The SMILES string of the molecule is Cc1cc(Cl)ccc1NC(=O)NCc1ccc(N2CCO[C@H](C)C2)nc1. The van der Waals surface area contributed by atoms with E-state index in [1.165, 1.54) is 0 Å². The fourth-order valence-electron chi connectivity index (χ4n) is 2.85. The van der Waals surface area contributed by atoms with E-state index in [1.54, 1.807) is 18.3 Å². The van der Waals surface area contributed by atoms with Gasteiger partial charge in [0.2, 0.25) is 0 Å². The summed E-state index contributed by atoms with van der Waals surface area (Å²) in [6.07, 6.45) is 2.01. The minimum atomic E-state index is -0.262. The van der Waals surface area contributed by atoms with Crippen LogP contribution < -0.4 is 15.5 Å². The number of anilines is 2. The predicted molar refractivity (Wildman–Crippen MR) is 104 cm³/mol. The molecule has 0 unspecified atom stereocenters. The molecule has 2 aromatic rings. The summed E-state index contributed by atoms with van der Waals surface area (Å²) in [7, 11) is 0. The highest BCUT2D eigenvalue weighted by Crippen LogP contribution is 2.19. The first-order valence-corrected chi connectivity index (χ1v) is 9.01. The second kappa shape index (κ2) is 8.38. The lowest BCUT2D eigenvalue weighted by Crippen LogP contribution is -2.41. The first-order chi connectivity index (χ1) is 12.5. The van der Waals surface area contributed by atoms with Gasteiger partial charge in [0.1, 0.15) is 5.82 Å². The van der Waals surface area contributed by atoms with Crippen molar-refractivity contribution in [2.45, 2.75) is 26.5 Å². The molecule has 138 valence electrons. The summed E-state index contributed by atoms with van der Waals surface area (Å²) in [6, 6.07) is 9.05. The number of pyridine rings is 1. The molecule has 1 aliphatic rings. The lowest BCUT2D eigenvalue weighted by molar-refractivity contribution is 0.0529. The molecule has 1 aromatic carbocycles. The molecule has 0 aliphatic carbocycles. The van der Waals surface area contributed by atoms with Gasteiger partial charge in [-0.2, -0.15) is 0 Å². The van der Waals surface area contributed by atoms with Crippen LogP contribution in [-0.2, 0) is 11.3 Å². The van der Waals surface area contributed by atoms with Gasteiger partial charge in [-0.15, -0.1) is 0 Å². The number of nitrogens with one attached hydrogen (secondary N) is 2. The number of halogens is 1. The summed E-state index contributed by atoms with van der Waals surface area (Å²) >= 11 is 5.93. The predicted octanol–water partition coefficient (Wildman–Crippen LogP) is 3.59. The molecule has 0 spiro atoms. The van der Waals surface area contributed by atoms with Crippen LogP contribution in [0.3, 0.4) is 0 Å². The smallest absolute Gasteiger partial charge is 0.319 e. The van der Waals surface area contributed by atoms with Gasteiger partial charge in [-0.3, -0.25) is 0 Å². The number of carbonyl (C=O) groups is 1. The summed E-state index contributed by atoms with van der Waals surface area (Å²) in [5.41, 5.74) is 2.60. The third-order valence-corrected chi connectivity index (χ3v) is 4.50. The standard InChI is InChI=1S/C19H23ClN4O2/c1-13-9-16(20)4-5-17(13)23-19(25)22-11-15-3-6-18(21-10-15)24-7-8-26-14(2)12-24/h3-6,9-10,14H,7-8,11-12H2,1-2H3,(H2,22,23,25)/t14-/m1/s1. The van der Waals surface area contributed by atoms with Crippen LogP contribution >= 0.6 is 11.6 Å². The second-order valence-electron chi connectivity index (χ2n) is 6.42. The number of nitrogens with zero attached hydrogens (tertiary/aromatic N) is 2. The molecule has 2 N–H and O–H groups in total. The second-order valence-corrected chi connectivity index (χ2v) is 6.86. The fourth-order valence-corrected chi connectivity index (χ4v) is 3.08. The van der Waals surface area contributed by atoms with Crippen molar-refractivity contribution in [3.63, 3.8) is 0 Å². The fraction of sp³-hybridized carbons (Fsp3) is 0.368. The lowest BCUT2D eigenvalue weighted by Gasteiger charge is -2.32. The Balaban J connectivity index is 1.52. The molecule has 1 saturated heterocycles. The quantitative estimate of drug-likeness (QED) is 0.858. The number of carbonyl (C=O) groups excluding carboxylic acids is 1. The van der Waals surface area contributed by atoms with Crippen molar-refractivity contribution in [1.29, 1.82) is 0 Å². The lowest BCUT2D eigenvalue weighted by atomic mass is 10.2. The Bertz CT molecular complexity index is 767. The van der Waals surface area contributed by atoms with E-state index in [1.807, 2.05) is 25.1 Å². The molecule has 26 heavy (non-hydrogen) atoms. The Kier molecular flexibility index (Phi) is 5.96. The minimum Gasteiger partial charge on any atom is -0.375 e. The van der Waals surface area contributed by atoms with Crippen LogP contribution in [0.2, 0.25) is 5.02 Å². The first kappa shape index (κ1) is 18.5. The Morgan fingerprint density at radius 3 is 2.92 bits per heavy atom. The van der Waals surface area contributed by atoms with Crippen molar-refractivity contribution in [2.24, 2.45) is 0 Å². The van der Waals surface area contributed by atoms with Gasteiger partial charge in [0, 0.05) is 36.5 Å². The molecule has 3 rings (SSSR count). The van der Waals surface area contributed by atoms with E-state index in [-0.39, 0.29) is 12.1 Å². The van der Waals surface area contributed by atoms with Crippen LogP contribution in [0.25, 0.3) is 0 Å². The van der Waals surface area contributed by atoms with Crippen LogP contribution in [0.5, 0.6) is 0 Å². The Morgan fingerprint density at radius 2 is 2.23 bits per heavy atom. The van der Waals surface area contributed by atoms with Crippen LogP contribution in [0.15, 0.2) is 36.5 Å². The van der Waals surface area contributed by atoms with E-state index in [0.29, 0.717) is 11.6 Å². The van der Waals surface area contributed by atoms with Gasteiger partial charge < -0.3 is 20.3 Å². The number of morpholine rings is 1. The topological polar surface area (TPSA) is 66.5 Å². The van der Waals surface area contributed by atoms with Crippen molar-refractivity contribution < 1.29 is 9.53 Å². The van der Waals surface area contributed by atoms with E-state index in [0.717, 1.165) is 42.3 Å². The maximum atomic E-state index is 12.1. The number of hydrogen-bond acceptors (Lipinski definition) is 4. The monoisotopic (exact) mass is 374 g/mol. The molecule has 6 nitrogen and oxygen atoms in total. The van der Waals surface area contributed by atoms with Crippen LogP contribution in [-0.4, -0.2) is 36.8 Å². The molecule has 1 aliphatic heterocycles. The molecule has 0 radical (unpaired) electrons. The molecule has 1 fully saturated rings. The van der Waals surface area contributed by atoms with Gasteiger partial charge in [0.05, 0.1) is 12.7 Å². The summed E-state index contributed by atoms with van der Waals surface area (Å²) in [5, 5.41) is 6.31. The van der Waals surface area contributed by atoms with Gasteiger partial charge in [0.25, 0.3) is 0 Å².